The average Bonchev–Trinajstić information content (AvgIpc) is 2.41. The van der Waals surface area contributed by atoms with Crippen LogP contribution >= 0.6 is 0 Å². The quantitative estimate of drug-likeness (QED) is 0.886. The number of anilines is 1. The zero-order valence-electron chi connectivity index (χ0n) is 11.3. The predicted molar refractivity (Wildman–Crippen MR) is 73.3 cm³/mol. The Hall–Kier alpha value is -1.38. The molecule has 1 saturated carbocycles. The van der Waals surface area contributed by atoms with Crippen LogP contribution in [0.1, 0.15) is 44.6 Å². The van der Waals surface area contributed by atoms with E-state index in [0.29, 0.717) is 5.92 Å². The number of hydrogen-bond donors (Lipinski definition) is 1. The molecule has 0 saturated heterocycles. The highest BCUT2D eigenvalue weighted by Gasteiger charge is 2.25. The first kappa shape index (κ1) is 13.1. The van der Waals surface area contributed by atoms with Gasteiger partial charge in [-0.3, -0.25) is 9.78 Å². The van der Waals surface area contributed by atoms with Gasteiger partial charge in [-0.15, -0.1) is 0 Å². The number of carbonyl (C=O) groups is 1. The smallest absolute Gasteiger partial charge is 0.227 e. The van der Waals surface area contributed by atoms with Gasteiger partial charge in [-0.1, -0.05) is 26.2 Å². The molecule has 0 bridgehead atoms. The summed E-state index contributed by atoms with van der Waals surface area (Å²) in [5.41, 5.74) is 1.90. The van der Waals surface area contributed by atoms with Gasteiger partial charge >= 0.3 is 0 Å². The third-order valence-electron chi connectivity index (χ3n) is 4.07. The van der Waals surface area contributed by atoms with E-state index in [1.165, 1.54) is 32.1 Å². The lowest BCUT2D eigenvalue weighted by atomic mass is 9.80. The van der Waals surface area contributed by atoms with E-state index in [-0.39, 0.29) is 11.8 Å². The first-order valence-electron chi connectivity index (χ1n) is 6.90. The second kappa shape index (κ2) is 5.98. The summed E-state index contributed by atoms with van der Waals surface area (Å²) in [7, 11) is 0. The van der Waals surface area contributed by atoms with Crippen LogP contribution in [0.25, 0.3) is 0 Å². The van der Waals surface area contributed by atoms with Crippen LogP contribution < -0.4 is 5.32 Å². The Morgan fingerprint density at radius 2 is 2.11 bits per heavy atom. The number of aromatic nitrogens is 1. The van der Waals surface area contributed by atoms with Crippen molar-refractivity contribution in [2.45, 2.75) is 46.0 Å². The molecule has 98 valence electrons. The van der Waals surface area contributed by atoms with Gasteiger partial charge in [0, 0.05) is 12.1 Å². The van der Waals surface area contributed by atoms with Crippen molar-refractivity contribution in [2.24, 2.45) is 11.8 Å². The Labute approximate surface area is 109 Å². The first-order chi connectivity index (χ1) is 8.68. The van der Waals surface area contributed by atoms with Crippen LogP contribution in [0.15, 0.2) is 18.5 Å². The Morgan fingerprint density at radius 3 is 2.78 bits per heavy atom. The molecule has 1 aromatic heterocycles. The number of nitrogens with zero attached hydrogens (tertiary/aromatic N) is 1. The summed E-state index contributed by atoms with van der Waals surface area (Å²) >= 11 is 0. The zero-order valence-corrected chi connectivity index (χ0v) is 11.3. The van der Waals surface area contributed by atoms with Crippen LogP contribution in [0.5, 0.6) is 0 Å². The zero-order chi connectivity index (χ0) is 13.0. The van der Waals surface area contributed by atoms with Crippen molar-refractivity contribution in [3.05, 3.63) is 24.0 Å². The standard InChI is InChI=1S/C15H22N2O/c1-11-8-9-16-10-14(11)17-15(18)12(2)13-6-4-3-5-7-13/h8-10,12-13H,3-7H2,1-2H3,(H,17,18)/t12-/m1/s1. The van der Waals surface area contributed by atoms with Crippen LogP contribution in [0, 0.1) is 18.8 Å². The maximum Gasteiger partial charge on any atom is 0.227 e. The van der Waals surface area contributed by atoms with Gasteiger partial charge < -0.3 is 5.32 Å². The second-order valence-corrected chi connectivity index (χ2v) is 5.37. The summed E-state index contributed by atoms with van der Waals surface area (Å²) in [4.78, 5) is 16.3. The average molecular weight is 246 g/mol. The Balaban J connectivity index is 1.97. The lowest BCUT2D eigenvalue weighted by Crippen LogP contribution is -2.28. The van der Waals surface area contributed by atoms with E-state index < -0.39 is 0 Å². The van der Waals surface area contributed by atoms with Crippen molar-refractivity contribution in [1.29, 1.82) is 0 Å². The molecule has 1 N–H and O–H groups in total. The molecule has 0 spiro atoms. The third kappa shape index (κ3) is 3.09. The minimum atomic E-state index is 0.102. The van der Waals surface area contributed by atoms with Crippen molar-refractivity contribution < 1.29 is 4.79 Å². The monoisotopic (exact) mass is 246 g/mol. The minimum absolute atomic E-state index is 0.102. The molecule has 3 nitrogen and oxygen atoms in total. The summed E-state index contributed by atoms with van der Waals surface area (Å²) in [6.45, 7) is 4.04. The van der Waals surface area contributed by atoms with Crippen molar-refractivity contribution >= 4 is 11.6 Å². The number of rotatable bonds is 3. The molecule has 1 heterocycles. The number of nitrogens with one attached hydrogen (secondary N) is 1. The highest BCUT2D eigenvalue weighted by molar-refractivity contribution is 5.93. The van der Waals surface area contributed by atoms with E-state index >= 15 is 0 Å². The van der Waals surface area contributed by atoms with Gasteiger partial charge in [-0.05, 0) is 37.3 Å². The molecule has 1 amide bonds. The van der Waals surface area contributed by atoms with Crippen LogP contribution in [0.4, 0.5) is 5.69 Å². The minimum Gasteiger partial charge on any atom is -0.324 e. The maximum absolute atomic E-state index is 12.2. The van der Waals surface area contributed by atoms with Crippen molar-refractivity contribution in [3.8, 4) is 0 Å². The molecule has 3 heteroatoms. The molecule has 0 aliphatic heterocycles. The fraction of sp³-hybridized carbons (Fsp3) is 0.600. The Bertz CT molecular complexity index is 411. The molecule has 1 aliphatic rings. The van der Waals surface area contributed by atoms with Gasteiger partial charge in [0.2, 0.25) is 5.91 Å². The molecule has 18 heavy (non-hydrogen) atoms. The number of carbonyl (C=O) groups excluding carboxylic acids is 1. The lowest BCUT2D eigenvalue weighted by molar-refractivity contribution is -0.121. The molecular formula is C15H22N2O. The summed E-state index contributed by atoms with van der Waals surface area (Å²) in [6, 6.07) is 1.92. The van der Waals surface area contributed by atoms with Crippen LogP contribution in [0.2, 0.25) is 0 Å². The van der Waals surface area contributed by atoms with E-state index in [4.69, 9.17) is 0 Å². The van der Waals surface area contributed by atoms with Gasteiger partial charge in [-0.2, -0.15) is 0 Å². The normalized spacial score (nSPS) is 18.3. The van der Waals surface area contributed by atoms with Gasteiger partial charge in [-0.25, -0.2) is 0 Å². The van der Waals surface area contributed by atoms with E-state index in [1.807, 2.05) is 13.0 Å². The van der Waals surface area contributed by atoms with Crippen LogP contribution in [-0.2, 0) is 4.79 Å². The van der Waals surface area contributed by atoms with Crippen LogP contribution in [0.3, 0.4) is 0 Å². The second-order valence-electron chi connectivity index (χ2n) is 5.37. The number of hydrogen-bond acceptors (Lipinski definition) is 2. The highest BCUT2D eigenvalue weighted by atomic mass is 16.1. The van der Waals surface area contributed by atoms with Gasteiger partial charge in [0.25, 0.3) is 0 Å². The lowest BCUT2D eigenvalue weighted by Gasteiger charge is -2.26. The van der Waals surface area contributed by atoms with E-state index in [0.717, 1.165) is 11.3 Å². The van der Waals surface area contributed by atoms with Crippen molar-refractivity contribution in [2.75, 3.05) is 5.32 Å². The van der Waals surface area contributed by atoms with Crippen molar-refractivity contribution in [3.63, 3.8) is 0 Å². The molecule has 0 unspecified atom stereocenters. The van der Waals surface area contributed by atoms with Crippen LogP contribution in [-0.4, -0.2) is 10.9 Å². The number of aryl methyl sites for hydroxylation is 1. The highest BCUT2D eigenvalue weighted by Crippen LogP contribution is 2.30. The number of pyridine rings is 1. The first-order valence-corrected chi connectivity index (χ1v) is 6.90. The summed E-state index contributed by atoms with van der Waals surface area (Å²) in [5, 5.41) is 3.01. The largest absolute Gasteiger partial charge is 0.324 e. The Morgan fingerprint density at radius 1 is 1.39 bits per heavy atom. The molecule has 1 aromatic rings. The van der Waals surface area contributed by atoms with Gasteiger partial charge in [0.15, 0.2) is 0 Å². The van der Waals surface area contributed by atoms with Crippen molar-refractivity contribution in [1.82, 2.24) is 4.98 Å². The fourth-order valence-electron chi connectivity index (χ4n) is 2.69. The van der Waals surface area contributed by atoms with E-state index in [9.17, 15) is 4.79 Å². The third-order valence-corrected chi connectivity index (χ3v) is 4.07. The summed E-state index contributed by atoms with van der Waals surface area (Å²) in [5.74, 6) is 0.790. The predicted octanol–water partition coefficient (Wildman–Crippen LogP) is 3.54. The molecule has 2 rings (SSSR count). The SMILES string of the molecule is Cc1ccncc1NC(=O)[C@H](C)C1CCCCC1. The fourth-order valence-corrected chi connectivity index (χ4v) is 2.69. The Kier molecular flexibility index (Phi) is 4.34. The molecule has 1 atom stereocenters. The maximum atomic E-state index is 12.2. The van der Waals surface area contributed by atoms with Gasteiger partial charge in [0.1, 0.15) is 0 Å². The molecule has 0 aromatic carbocycles. The summed E-state index contributed by atoms with van der Waals surface area (Å²) in [6.07, 6.45) is 9.73. The number of amides is 1. The topological polar surface area (TPSA) is 42.0 Å². The molecular weight excluding hydrogens is 224 g/mol. The molecule has 1 fully saturated rings. The van der Waals surface area contributed by atoms with Gasteiger partial charge in [0.05, 0.1) is 11.9 Å². The van der Waals surface area contributed by atoms with E-state index in [1.54, 1.807) is 12.4 Å². The molecule has 0 radical (unpaired) electrons. The molecule has 1 aliphatic carbocycles. The van der Waals surface area contributed by atoms with E-state index in [2.05, 4.69) is 17.2 Å². The summed E-state index contributed by atoms with van der Waals surface area (Å²) < 4.78 is 0.